The van der Waals surface area contributed by atoms with E-state index < -0.39 is 11.0 Å². The van der Waals surface area contributed by atoms with E-state index in [2.05, 4.69) is 10.6 Å². The molecule has 1 aromatic heterocycles. The molecule has 0 bridgehead atoms. The van der Waals surface area contributed by atoms with Crippen molar-refractivity contribution in [3.8, 4) is 11.1 Å². The topological polar surface area (TPSA) is 86.7 Å². The van der Waals surface area contributed by atoms with E-state index in [4.69, 9.17) is 0 Å². The van der Waals surface area contributed by atoms with Gasteiger partial charge >= 0.3 is 0 Å². The number of fused-ring (bicyclic) bond motifs is 1. The van der Waals surface area contributed by atoms with Gasteiger partial charge in [-0.05, 0) is 90.5 Å². The van der Waals surface area contributed by atoms with Gasteiger partial charge in [0.1, 0.15) is 0 Å². The molecular formula is C38H35N5O3S. The van der Waals surface area contributed by atoms with Crippen LogP contribution in [0.4, 0.5) is 22.7 Å². The Labute approximate surface area is 276 Å². The van der Waals surface area contributed by atoms with E-state index in [-0.39, 0.29) is 11.8 Å². The molecule has 0 aliphatic heterocycles. The van der Waals surface area contributed by atoms with Crippen LogP contribution in [-0.4, -0.2) is 48.2 Å². The van der Waals surface area contributed by atoms with E-state index in [1.54, 1.807) is 28.2 Å². The number of nitrogens with zero attached hydrogens (tertiary/aromatic N) is 3. The minimum atomic E-state index is -1.54. The van der Waals surface area contributed by atoms with Gasteiger partial charge in [0.15, 0.2) is 11.0 Å². The van der Waals surface area contributed by atoms with Gasteiger partial charge in [-0.2, -0.15) is 0 Å². The number of nitrogens with one attached hydrogen (secondary N) is 2. The number of carbonyl (C=O) groups excluding carboxylic acids is 2. The average molecular weight is 642 g/mol. The quantitative estimate of drug-likeness (QED) is 0.171. The van der Waals surface area contributed by atoms with Crippen molar-refractivity contribution >= 4 is 56.5 Å². The number of benzene rings is 5. The lowest BCUT2D eigenvalue weighted by Gasteiger charge is -2.13. The minimum absolute atomic E-state index is 0.193. The summed E-state index contributed by atoms with van der Waals surface area (Å²) in [5.74, 6) is -0.426. The molecule has 1 unspecified atom stereocenters. The third-order valence-electron chi connectivity index (χ3n) is 7.90. The first kappa shape index (κ1) is 31.3. The summed E-state index contributed by atoms with van der Waals surface area (Å²) in [5.41, 5.74) is 6.86. The highest BCUT2D eigenvalue weighted by Crippen LogP contribution is 2.34. The fourth-order valence-corrected chi connectivity index (χ4v) is 6.40. The van der Waals surface area contributed by atoms with E-state index in [1.807, 2.05) is 141 Å². The maximum absolute atomic E-state index is 13.8. The zero-order valence-corrected chi connectivity index (χ0v) is 27.4. The molecule has 0 fully saturated rings. The Bertz CT molecular complexity index is 2070. The molecular weight excluding hydrogens is 607 g/mol. The second kappa shape index (κ2) is 13.4. The predicted molar refractivity (Wildman–Crippen MR) is 193 cm³/mol. The first-order valence-electron chi connectivity index (χ1n) is 15.1. The van der Waals surface area contributed by atoms with Crippen molar-refractivity contribution in [1.29, 1.82) is 0 Å². The number of aromatic nitrogens is 1. The summed E-state index contributed by atoms with van der Waals surface area (Å²) in [4.78, 5) is 30.6. The second-order valence-corrected chi connectivity index (χ2v) is 12.9. The number of hydrogen-bond donors (Lipinski definition) is 2. The third-order valence-corrected chi connectivity index (χ3v) is 9.23. The highest BCUT2D eigenvalue weighted by molar-refractivity contribution is 7.83. The number of anilines is 4. The monoisotopic (exact) mass is 641 g/mol. The highest BCUT2D eigenvalue weighted by atomic mass is 32.2. The molecule has 8 nitrogen and oxygen atoms in total. The average Bonchev–Trinajstić information content (AvgIpc) is 3.47. The third kappa shape index (κ3) is 6.80. The van der Waals surface area contributed by atoms with E-state index >= 15 is 0 Å². The van der Waals surface area contributed by atoms with Crippen LogP contribution in [0.15, 0.2) is 132 Å². The lowest BCUT2D eigenvalue weighted by atomic mass is 10.0. The normalized spacial score (nSPS) is 11.6. The fourth-order valence-electron chi connectivity index (χ4n) is 5.26. The summed E-state index contributed by atoms with van der Waals surface area (Å²) in [6.45, 7) is 0. The molecule has 5 aromatic carbocycles. The summed E-state index contributed by atoms with van der Waals surface area (Å²) in [7, 11) is 6.27. The summed E-state index contributed by atoms with van der Waals surface area (Å²) in [6.07, 6.45) is 1.87. The van der Waals surface area contributed by atoms with Crippen molar-refractivity contribution in [2.24, 2.45) is 0 Å². The SMILES string of the molecule is CN(C)c1ccc(C(=O)Nc2ccc(-c3cn(S(=O)c4ccccc4)c4cc(NC(=O)c5ccc(N(C)C)cc5)ccc34)cc2)cc1. The molecule has 0 aliphatic rings. The van der Waals surface area contributed by atoms with E-state index in [1.165, 1.54) is 0 Å². The van der Waals surface area contributed by atoms with E-state index in [0.29, 0.717) is 32.9 Å². The van der Waals surface area contributed by atoms with Gasteiger partial charge < -0.3 is 20.4 Å². The number of rotatable bonds is 9. The van der Waals surface area contributed by atoms with Crippen molar-refractivity contribution in [3.63, 3.8) is 0 Å². The van der Waals surface area contributed by atoms with Crippen molar-refractivity contribution in [2.75, 3.05) is 48.6 Å². The number of hydrogen-bond acceptors (Lipinski definition) is 5. The summed E-state index contributed by atoms with van der Waals surface area (Å²) < 4.78 is 15.6. The molecule has 0 aliphatic carbocycles. The molecule has 0 saturated carbocycles. The van der Waals surface area contributed by atoms with Crippen molar-refractivity contribution in [1.82, 2.24) is 3.97 Å². The van der Waals surface area contributed by atoms with Crippen LogP contribution in [0.25, 0.3) is 22.0 Å². The first-order valence-corrected chi connectivity index (χ1v) is 16.2. The lowest BCUT2D eigenvalue weighted by molar-refractivity contribution is 0.101. The van der Waals surface area contributed by atoms with Gasteiger partial charge in [-0.1, -0.05) is 36.4 Å². The molecule has 2 N–H and O–H groups in total. The van der Waals surface area contributed by atoms with Crippen molar-refractivity contribution in [2.45, 2.75) is 4.90 Å². The minimum Gasteiger partial charge on any atom is -0.378 e. The predicted octanol–water partition coefficient (Wildman–Crippen LogP) is 7.52. The van der Waals surface area contributed by atoms with Gasteiger partial charge in [0.25, 0.3) is 11.8 Å². The van der Waals surface area contributed by atoms with Gasteiger partial charge in [-0.3, -0.25) is 13.6 Å². The maximum atomic E-state index is 13.8. The van der Waals surface area contributed by atoms with E-state index in [0.717, 1.165) is 27.9 Å². The summed E-state index contributed by atoms with van der Waals surface area (Å²) >= 11 is 0. The second-order valence-electron chi connectivity index (χ2n) is 11.5. The van der Waals surface area contributed by atoms with Gasteiger partial charge in [-0.15, -0.1) is 0 Å². The zero-order valence-electron chi connectivity index (χ0n) is 26.6. The van der Waals surface area contributed by atoms with Crippen LogP contribution >= 0.6 is 0 Å². The molecule has 6 rings (SSSR count). The van der Waals surface area contributed by atoms with Crippen LogP contribution in [0.2, 0.25) is 0 Å². The highest BCUT2D eigenvalue weighted by Gasteiger charge is 2.17. The smallest absolute Gasteiger partial charge is 0.255 e. The number of amides is 2. The molecule has 2 amide bonds. The molecule has 0 radical (unpaired) electrons. The molecule has 1 atom stereocenters. The molecule has 6 aromatic rings. The van der Waals surface area contributed by atoms with Crippen LogP contribution in [0, 0.1) is 0 Å². The van der Waals surface area contributed by atoms with Crippen LogP contribution in [0.5, 0.6) is 0 Å². The molecule has 0 saturated heterocycles. The van der Waals surface area contributed by atoms with Gasteiger partial charge in [0.2, 0.25) is 0 Å². The fraction of sp³-hybridized carbons (Fsp3) is 0.105. The molecule has 47 heavy (non-hydrogen) atoms. The maximum Gasteiger partial charge on any atom is 0.255 e. The lowest BCUT2D eigenvalue weighted by Crippen LogP contribution is -2.13. The Morgan fingerprint density at radius 2 is 1.13 bits per heavy atom. The van der Waals surface area contributed by atoms with Crippen LogP contribution < -0.4 is 20.4 Å². The molecule has 236 valence electrons. The van der Waals surface area contributed by atoms with Gasteiger partial charge in [0, 0.05) is 79.2 Å². The molecule has 9 heteroatoms. The molecule has 1 heterocycles. The largest absolute Gasteiger partial charge is 0.378 e. The van der Waals surface area contributed by atoms with Gasteiger partial charge in [-0.25, -0.2) is 4.21 Å². The standard InChI is InChI=1S/C38H35N5O3S/c1-41(2)31-19-12-27(13-20-31)37(44)39-29-16-10-26(11-17-29)35-25-43(47(46)33-8-6-5-7-9-33)36-24-30(18-23-34(35)36)40-38(45)28-14-21-32(22-15-28)42(3)4/h5-25H,1-4H3,(H,39,44)(H,40,45). The van der Waals surface area contributed by atoms with Crippen molar-refractivity contribution < 1.29 is 13.8 Å². The number of carbonyl (C=O) groups is 2. The Kier molecular flexibility index (Phi) is 8.90. The Hall–Kier alpha value is -5.67. The van der Waals surface area contributed by atoms with E-state index in [9.17, 15) is 13.8 Å². The summed E-state index contributed by atoms with van der Waals surface area (Å²) in [5, 5.41) is 6.84. The van der Waals surface area contributed by atoms with Crippen LogP contribution in [0.1, 0.15) is 20.7 Å². The Morgan fingerprint density at radius 3 is 1.66 bits per heavy atom. The molecule has 0 spiro atoms. The van der Waals surface area contributed by atoms with Crippen LogP contribution in [-0.2, 0) is 11.0 Å². The summed E-state index contributed by atoms with van der Waals surface area (Å²) in [6, 6.07) is 37.3. The van der Waals surface area contributed by atoms with Crippen LogP contribution in [0.3, 0.4) is 0 Å². The Morgan fingerprint density at radius 1 is 0.617 bits per heavy atom. The van der Waals surface area contributed by atoms with Crippen molar-refractivity contribution in [3.05, 3.63) is 139 Å². The first-order chi connectivity index (χ1) is 22.7. The zero-order chi connectivity index (χ0) is 33.1. The Balaban J connectivity index is 1.30. The van der Waals surface area contributed by atoms with Gasteiger partial charge in [0.05, 0.1) is 10.4 Å².